The lowest BCUT2D eigenvalue weighted by atomic mass is 10.1. The first-order valence-corrected chi connectivity index (χ1v) is 7.34. The summed E-state index contributed by atoms with van der Waals surface area (Å²) in [5.41, 5.74) is 0.500. The second-order valence-electron chi connectivity index (χ2n) is 4.86. The molecule has 5 heteroatoms. The molecule has 1 atom stereocenters. The Morgan fingerprint density at radius 1 is 1.21 bits per heavy atom. The van der Waals surface area contributed by atoms with Crippen LogP contribution in [0.2, 0.25) is 10.0 Å². The number of hydrogen-bond acceptors (Lipinski definition) is 2. The Morgan fingerprint density at radius 3 is 2.37 bits per heavy atom. The quantitative estimate of drug-likeness (QED) is 0.921. The number of rotatable bonds is 3. The lowest BCUT2D eigenvalue weighted by Gasteiger charge is -2.31. The van der Waals surface area contributed by atoms with Crippen LogP contribution < -0.4 is 5.32 Å². The van der Waals surface area contributed by atoms with Crippen LogP contribution >= 0.6 is 23.2 Å². The first kappa shape index (κ1) is 14.6. The van der Waals surface area contributed by atoms with Gasteiger partial charge in [-0.15, -0.1) is 0 Å². The third-order valence-corrected chi connectivity index (χ3v) is 4.16. The number of likely N-dealkylation sites (tertiary alicyclic amines) is 1. The number of nitrogens with zero attached hydrogens (tertiary/aromatic N) is 1. The zero-order valence-electron chi connectivity index (χ0n) is 11.0. The molecule has 0 bridgehead atoms. The Balaban J connectivity index is 2.04. The van der Waals surface area contributed by atoms with Gasteiger partial charge in [0.2, 0.25) is 5.91 Å². The van der Waals surface area contributed by atoms with Crippen LogP contribution in [0.25, 0.3) is 0 Å². The Bertz CT molecular complexity index is 439. The summed E-state index contributed by atoms with van der Waals surface area (Å²) in [4.78, 5) is 14.4. The van der Waals surface area contributed by atoms with Gasteiger partial charge in [0.1, 0.15) is 0 Å². The van der Waals surface area contributed by atoms with E-state index < -0.39 is 0 Å². The van der Waals surface area contributed by atoms with Crippen LogP contribution in [0.1, 0.15) is 26.2 Å². The molecule has 0 radical (unpaired) electrons. The van der Waals surface area contributed by atoms with Crippen molar-refractivity contribution in [1.29, 1.82) is 0 Å². The SMILES string of the molecule is C[C@@H](C(=O)Nc1c(Cl)cccc1Cl)N1CCCCC1. The van der Waals surface area contributed by atoms with Crippen molar-refractivity contribution in [3.63, 3.8) is 0 Å². The van der Waals surface area contributed by atoms with Crippen LogP contribution in [0, 0.1) is 0 Å². The molecule has 1 heterocycles. The van der Waals surface area contributed by atoms with E-state index in [2.05, 4.69) is 10.2 Å². The van der Waals surface area contributed by atoms with Crippen molar-refractivity contribution < 1.29 is 4.79 Å². The molecule has 1 aliphatic heterocycles. The van der Waals surface area contributed by atoms with Crippen LogP contribution in [0.4, 0.5) is 5.69 Å². The number of nitrogens with one attached hydrogen (secondary N) is 1. The van der Waals surface area contributed by atoms with Crippen molar-refractivity contribution >= 4 is 34.8 Å². The highest BCUT2D eigenvalue weighted by Crippen LogP contribution is 2.30. The van der Waals surface area contributed by atoms with Crippen LogP contribution in [0.15, 0.2) is 18.2 Å². The van der Waals surface area contributed by atoms with Gasteiger partial charge in [-0.05, 0) is 45.0 Å². The lowest BCUT2D eigenvalue weighted by Crippen LogP contribution is -2.44. The van der Waals surface area contributed by atoms with Gasteiger partial charge in [0.05, 0.1) is 21.8 Å². The molecule has 1 aromatic rings. The topological polar surface area (TPSA) is 32.3 Å². The maximum Gasteiger partial charge on any atom is 0.241 e. The van der Waals surface area contributed by atoms with Crippen molar-refractivity contribution in [1.82, 2.24) is 4.90 Å². The average molecular weight is 301 g/mol. The van der Waals surface area contributed by atoms with E-state index in [1.165, 1.54) is 6.42 Å². The summed E-state index contributed by atoms with van der Waals surface area (Å²) in [6.45, 7) is 3.88. The molecule has 1 amide bonds. The molecule has 1 saturated heterocycles. The minimum atomic E-state index is -0.160. The summed E-state index contributed by atoms with van der Waals surface area (Å²) in [5.74, 6) is -0.0584. The number of benzene rings is 1. The van der Waals surface area contributed by atoms with Gasteiger partial charge in [-0.1, -0.05) is 35.7 Å². The summed E-state index contributed by atoms with van der Waals surface area (Å²) < 4.78 is 0. The molecule has 3 nitrogen and oxygen atoms in total. The Labute approximate surface area is 123 Å². The molecule has 0 saturated carbocycles. The highest BCUT2D eigenvalue weighted by atomic mass is 35.5. The van der Waals surface area contributed by atoms with Gasteiger partial charge in [0.25, 0.3) is 0 Å². The summed E-state index contributed by atoms with van der Waals surface area (Å²) in [6, 6.07) is 5.03. The molecule has 0 spiro atoms. The first-order chi connectivity index (χ1) is 9.09. The minimum absolute atomic E-state index is 0.0584. The van der Waals surface area contributed by atoms with Gasteiger partial charge in [0.15, 0.2) is 0 Å². The molecular formula is C14H18Cl2N2O. The fraction of sp³-hybridized carbons (Fsp3) is 0.500. The van der Waals surface area contributed by atoms with E-state index in [1.807, 2.05) is 6.92 Å². The van der Waals surface area contributed by atoms with Gasteiger partial charge in [0, 0.05) is 0 Å². The molecule has 1 N–H and O–H groups in total. The molecule has 1 aliphatic rings. The summed E-state index contributed by atoms with van der Waals surface area (Å²) in [5, 5.41) is 3.76. The van der Waals surface area contributed by atoms with Crippen molar-refractivity contribution in [2.24, 2.45) is 0 Å². The van der Waals surface area contributed by atoms with E-state index in [0.29, 0.717) is 15.7 Å². The van der Waals surface area contributed by atoms with Crippen LogP contribution in [-0.4, -0.2) is 29.9 Å². The number of para-hydroxylation sites is 1. The number of anilines is 1. The number of piperidine rings is 1. The lowest BCUT2D eigenvalue weighted by molar-refractivity contribution is -0.121. The predicted octanol–water partition coefficient (Wildman–Crippen LogP) is 3.81. The third kappa shape index (κ3) is 3.62. The smallest absolute Gasteiger partial charge is 0.241 e. The van der Waals surface area contributed by atoms with E-state index in [-0.39, 0.29) is 11.9 Å². The number of carbonyl (C=O) groups excluding carboxylic acids is 1. The maximum absolute atomic E-state index is 12.2. The first-order valence-electron chi connectivity index (χ1n) is 6.58. The second-order valence-corrected chi connectivity index (χ2v) is 5.67. The van der Waals surface area contributed by atoms with Crippen LogP contribution in [-0.2, 0) is 4.79 Å². The number of amides is 1. The Morgan fingerprint density at radius 2 is 1.79 bits per heavy atom. The fourth-order valence-electron chi connectivity index (χ4n) is 2.32. The van der Waals surface area contributed by atoms with Crippen molar-refractivity contribution in [2.45, 2.75) is 32.2 Å². The van der Waals surface area contributed by atoms with Crippen molar-refractivity contribution in [3.05, 3.63) is 28.2 Å². The summed E-state index contributed by atoms with van der Waals surface area (Å²) >= 11 is 12.1. The molecule has 1 aromatic carbocycles. The monoisotopic (exact) mass is 300 g/mol. The van der Waals surface area contributed by atoms with Gasteiger partial charge in [-0.3, -0.25) is 9.69 Å². The highest BCUT2D eigenvalue weighted by Gasteiger charge is 2.23. The Kier molecular flexibility index (Phi) is 5.08. The Hall–Kier alpha value is -0.770. The zero-order chi connectivity index (χ0) is 13.8. The summed E-state index contributed by atoms with van der Waals surface area (Å²) in [6.07, 6.45) is 3.57. The molecule has 0 aromatic heterocycles. The molecule has 1 fully saturated rings. The van der Waals surface area contributed by atoms with Crippen molar-refractivity contribution in [3.8, 4) is 0 Å². The minimum Gasteiger partial charge on any atom is -0.322 e. The second kappa shape index (κ2) is 6.60. The van der Waals surface area contributed by atoms with E-state index in [1.54, 1.807) is 18.2 Å². The molecule has 104 valence electrons. The van der Waals surface area contributed by atoms with E-state index in [9.17, 15) is 4.79 Å². The fourth-order valence-corrected chi connectivity index (χ4v) is 2.81. The highest BCUT2D eigenvalue weighted by molar-refractivity contribution is 6.39. The van der Waals surface area contributed by atoms with Crippen LogP contribution in [0.5, 0.6) is 0 Å². The maximum atomic E-state index is 12.2. The standard InChI is InChI=1S/C14H18Cl2N2O/c1-10(18-8-3-2-4-9-18)14(19)17-13-11(15)6-5-7-12(13)16/h5-7,10H,2-4,8-9H2,1H3,(H,17,19)/t10-/m0/s1. The molecule has 2 rings (SSSR count). The molecule has 0 unspecified atom stereocenters. The van der Waals surface area contributed by atoms with E-state index >= 15 is 0 Å². The van der Waals surface area contributed by atoms with Gasteiger partial charge < -0.3 is 5.32 Å². The zero-order valence-corrected chi connectivity index (χ0v) is 12.5. The summed E-state index contributed by atoms with van der Waals surface area (Å²) in [7, 11) is 0. The molecule has 19 heavy (non-hydrogen) atoms. The van der Waals surface area contributed by atoms with Gasteiger partial charge >= 0.3 is 0 Å². The number of carbonyl (C=O) groups is 1. The normalized spacial score (nSPS) is 18.1. The molecular weight excluding hydrogens is 283 g/mol. The largest absolute Gasteiger partial charge is 0.322 e. The van der Waals surface area contributed by atoms with E-state index in [0.717, 1.165) is 25.9 Å². The van der Waals surface area contributed by atoms with Crippen LogP contribution in [0.3, 0.4) is 0 Å². The molecule has 0 aliphatic carbocycles. The van der Waals surface area contributed by atoms with Gasteiger partial charge in [-0.2, -0.15) is 0 Å². The third-order valence-electron chi connectivity index (χ3n) is 3.53. The average Bonchev–Trinajstić information content (AvgIpc) is 2.43. The van der Waals surface area contributed by atoms with E-state index in [4.69, 9.17) is 23.2 Å². The predicted molar refractivity (Wildman–Crippen MR) is 80.0 cm³/mol. The van der Waals surface area contributed by atoms with Crippen molar-refractivity contribution in [2.75, 3.05) is 18.4 Å². The number of hydrogen-bond donors (Lipinski definition) is 1. The van der Waals surface area contributed by atoms with Gasteiger partial charge in [-0.25, -0.2) is 0 Å². The number of halogens is 2.